The van der Waals surface area contributed by atoms with Crippen LogP contribution < -0.4 is 10.6 Å². The van der Waals surface area contributed by atoms with Crippen LogP contribution in [0.1, 0.15) is 32.8 Å². The van der Waals surface area contributed by atoms with Crippen LogP contribution in [0.3, 0.4) is 0 Å². The van der Waals surface area contributed by atoms with Crippen LogP contribution in [0.2, 0.25) is 0 Å². The minimum absolute atomic E-state index is 0. The summed E-state index contributed by atoms with van der Waals surface area (Å²) >= 11 is 1.76. The number of fused-ring (bicyclic) bond motifs is 1. The summed E-state index contributed by atoms with van der Waals surface area (Å²) in [4.78, 5) is 28.8. The summed E-state index contributed by atoms with van der Waals surface area (Å²) in [6, 6.07) is 7.66. The molecule has 4 rings (SSSR count). The summed E-state index contributed by atoms with van der Waals surface area (Å²) < 4.78 is 5.40. The Morgan fingerprint density at radius 3 is 3.00 bits per heavy atom. The summed E-state index contributed by atoms with van der Waals surface area (Å²) in [7, 11) is 0. The first-order chi connectivity index (χ1) is 13.6. The van der Waals surface area contributed by atoms with Crippen LogP contribution in [0.15, 0.2) is 29.6 Å². The number of hydrogen-bond acceptors (Lipinski definition) is 5. The van der Waals surface area contributed by atoms with Crippen molar-refractivity contribution < 1.29 is 14.3 Å². The lowest BCUT2D eigenvalue weighted by Crippen LogP contribution is -2.43. The van der Waals surface area contributed by atoms with Gasteiger partial charge in [-0.15, -0.1) is 23.7 Å². The van der Waals surface area contributed by atoms with Gasteiger partial charge in [-0.2, -0.15) is 0 Å². The van der Waals surface area contributed by atoms with E-state index in [2.05, 4.69) is 22.1 Å². The highest BCUT2D eigenvalue weighted by Crippen LogP contribution is 2.27. The average Bonchev–Trinajstić information content (AvgIpc) is 3.17. The van der Waals surface area contributed by atoms with Crippen LogP contribution in [0.25, 0.3) is 0 Å². The first-order valence-electron chi connectivity index (χ1n) is 9.67. The number of carbonyl (C=O) groups excluding carboxylic acids is 2. The molecule has 8 heteroatoms. The van der Waals surface area contributed by atoms with Gasteiger partial charge in [-0.3, -0.25) is 9.59 Å². The third-order valence-corrected chi connectivity index (χ3v) is 6.39. The van der Waals surface area contributed by atoms with E-state index in [-0.39, 0.29) is 30.3 Å². The van der Waals surface area contributed by atoms with Gasteiger partial charge < -0.3 is 20.3 Å². The lowest BCUT2D eigenvalue weighted by molar-refractivity contribution is -0.117. The van der Waals surface area contributed by atoms with Crippen molar-refractivity contribution in [3.8, 4) is 0 Å². The highest BCUT2D eigenvalue weighted by Gasteiger charge is 2.24. The van der Waals surface area contributed by atoms with Crippen LogP contribution >= 0.6 is 23.7 Å². The fourth-order valence-electron chi connectivity index (χ4n) is 3.77. The standard InChI is InChI=1S/C21H25N3O3S.ClH/c1-14-17(21(26)24-8-5-19-15(12-24)6-10-28-19)3-2-4-18(14)23-20(25)11-16-13-27-9-7-22-16;/h2-4,6,10,16,22H,5,7-9,11-13H2,1H3,(H,23,25);1H. The number of halogens is 1. The van der Waals surface area contributed by atoms with E-state index < -0.39 is 0 Å². The van der Waals surface area contributed by atoms with E-state index in [1.807, 2.05) is 30.0 Å². The SMILES string of the molecule is Cc1c(NC(=O)CC2COCCN2)cccc1C(=O)N1CCc2sccc2C1.Cl. The van der Waals surface area contributed by atoms with Crippen molar-refractivity contribution in [3.05, 3.63) is 51.2 Å². The van der Waals surface area contributed by atoms with Gasteiger partial charge >= 0.3 is 0 Å². The molecule has 2 aliphatic heterocycles. The van der Waals surface area contributed by atoms with Gasteiger partial charge in [0.25, 0.3) is 5.91 Å². The molecule has 1 saturated heterocycles. The van der Waals surface area contributed by atoms with Gasteiger partial charge in [0.2, 0.25) is 5.91 Å². The van der Waals surface area contributed by atoms with E-state index in [9.17, 15) is 9.59 Å². The minimum atomic E-state index is -0.0726. The summed E-state index contributed by atoms with van der Waals surface area (Å²) in [5.74, 6) is -0.0515. The topological polar surface area (TPSA) is 70.7 Å². The van der Waals surface area contributed by atoms with Crippen LogP contribution in [0, 0.1) is 6.92 Å². The second-order valence-electron chi connectivity index (χ2n) is 7.30. The van der Waals surface area contributed by atoms with Crippen molar-refractivity contribution >= 4 is 41.2 Å². The molecular formula is C21H26ClN3O3S. The number of nitrogens with zero attached hydrogens (tertiary/aromatic N) is 1. The number of anilines is 1. The Morgan fingerprint density at radius 2 is 2.21 bits per heavy atom. The van der Waals surface area contributed by atoms with Crippen LogP contribution in [-0.2, 0) is 22.5 Å². The molecule has 0 aliphatic carbocycles. The lowest BCUT2D eigenvalue weighted by Gasteiger charge is -2.28. The zero-order chi connectivity index (χ0) is 19.5. The quantitative estimate of drug-likeness (QED) is 0.774. The smallest absolute Gasteiger partial charge is 0.254 e. The Kier molecular flexibility index (Phi) is 7.29. The first kappa shape index (κ1) is 21.8. The zero-order valence-electron chi connectivity index (χ0n) is 16.4. The molecule has 0 radical (unpaired) electrons. The maximum Gasteiger partial charge on any atom is 0.254 e. The van der Waals surface area contributed by atoms with E-state index in [0.717, 1.165) is 25.1 Å². The molecule has 0 spiro atoms. The number of benzene rings is 1. The minimum Gasteiger partial charge on any atom is -0.378 e. The molecule has 2 aliphatic rings. The maximum atomic E-state index is 13.1. The van der Waals surface area contributed by atoms with Crippen molar-refractivity contribution in [1.82, 2.24) is 10.2 Å². The lowest BCUT2D eigenvalue weighted by atomic mass is 10.0. The number of rotatable bonds is 4. The molecule has 1 aromatic heterocycles. The van der Waals surface area contributed by atoms with Crippen molar-refractivity contribution in [1.29, 1.82) is 0 Å². The molecule has 29 heavy (non-hydrogen) atoms. The molecule has 2 N–H and O–H groups in total. The Morgan fingerprint density at radius 1 is 1.34 bits per heavy atom. The Labute approximate surface area is 181 Å². The van der Waals surface area contributed by atoms with Crippen molar-refractivity contribution in [2.75, 3.05) is 31.6 Å². The molecule has 2 aromatic rings. The number of hydrogen-bond donors (Lipinski definition) is 2. The summed E-state index contributed by atoms with van der Waals surface area (Å²) in [5, 5.41) is 8.34. The second kappa shape index (κ2) is 9.71. The maximum absolute atomic E-state index is 13.1. The number of ether oxygens (including phenoxy) is 1. The molecule has 1 fully saturated rings. The van der Waals surface area contributed by atoms with Gasteiger partial charge in [0, 0.05) is 48.2 Å². The molecule has 2 amide bonds. The fraction of sp³-hybridized carbons (Fsp3) is 0.429. The van der Waals surface area contributed by atoms with Crippen molar-refractivity contribution in [2.45, 2.75) is 32.4 Å². The largest absolute Gasteiger partial charge is 0.378 e. The molecule has 0 bridgehead atoms. The third kappa shape index (κ3) is 4.98. The van der Waals surface area contributed by atoms with Gasteiger partial charge in [0.1, 0.15) is 0 Å². The van der Waals surface area contributed by atoms with Gasteiger partial charge in [-0.1, -0.05) is 6.07 Å². The van der Waals surface area contributed by atoms with E-state index in [1.54, 1.807) is 11.3 Å². The van der Waals surface area contributed by atoms with Crippen LogP contribution in [0.4, 0.5) is 5.69 Å². The normalized spacial score (nSPS) is 18.5. The predicted molar refractivity (Wildman–Crippen MR) is 117 cm³/mol. The molecule has 3 heterocycles. The monoisotopic (exact) mass is 435 g/mol. The Hall–Kier alpha value is -1.93. The van der Waals surface area contributed by atoms with Gasteiger partial charge in [0.05, 0.1) is 13.2 Å². The second-order valence-corrected chi connectivity index (χ2v) is 8.30. The summed E-state index contributed by atoms with van der Waals surface area (Å²) in [5.41, 5.74) is 3.40. The van der Waals surface area contributed by atoms with Crippen molar-refractivity contribution in [2.24, 2.45) is 0 Å². The first-order valence-corrected chi connectivity index (χ1v) is 10.5. The highest BCUT2D eigenvalue weighted by molar-refractivity contribution is 7.10. The molecule has 156 valence electrons. The van der Waals surface area contributed by atoms with E-state index in [4.69, 9.17) is 4.74 Å². The number of nitrogens with one attached hydrogen (secondary N) is 2. The molecule has 1 unspecified atom stereocenters. The summed E-state index contributed by atoms with van der Waals surface area (Å²) in [6.45, 7) is 5.28. The average molecular weight is 436 g/mol. The molecule has 1 atom stereocenters. The van der Waals surface area contributed by atoms with Gasteiger partial charge in [-0.25, -0.2) is 0 Å². The van der Waals surface area contributed by atoms with Crippen LogP contribution in [0.5, 0.6) is 0 Å². The number of morpholine rings is 1. The molecular weight excluding hydrogens is 410 g/mol. The number of amides is 2. The zero-order valence-corrected chi connectivity index (χ0v) is 18.0. The van der Waals surface area contributed by atoms with Gasteiger partial charge in [-0.05, 0) is 48.1 Å². The third-order valence-electron chi connectivity index (χ3n) is 5.36. The van der Waals surface area contributed by atoms with Crippen LogP contribution in [-0.4, -0.2) is 49.1 Å². The number of carbonyl (C=O) groups is 2. The molecule has 1 aromatic carbocycles. The Balaban J connectivity index is 0.00000240. The summed E-state index contributed by atoms with van der Waals surface area (Å²) in [6.07, 6.45) is 1.26. The van der Waals surface area contributed by atoms with Crippen molar-refractivity contribution in [3.63, 3.8) is 0 Å². The number of thiophene rings is 1. The van der Waals surface area contributed by atoms with E-state index in [0.29, 0.717) is 37.4 Å². The molecule has 0 saturated carbocycles. The predicted octanol–water partition coefficient (Wildman–Crippen LogP) is 2.99. The Bertz CT molecular complexity index is 880. The molecule has 6 nitrogen and oxygen atoms in total. The highest BCUT2D eigenvalue weighted by atomic mass is 35.5. The van der Waals surface area contributed by atoms with Gasteiger partial charge in [0.15, 0.2) is 0 Å². The fourth-order valence-corrected chi connectivity index (χ4v) is 4.66. The van der Waals surface area contributed by atoms with E-state index >= 15 is 0 Å². The van der Waals surface area contributed by atoms with E-state index in [1.165, 1.54) is 10.4 Å².